The lowest BCUT2D eigenvalue weighted by Crippen LogP contribution is -2.12. The number of methoxy groups -OCH3 is 1. The first-order valence-electron chi connectivity index (χ1n) is 6.87. The Bertz CT molecular complexity index is 810. The van der Waals surface area contributed by atoms with E-state index < -0.39 is 0 Å². The van der Waals surface area contributed by atoms with Gasteiger partial charge in [-0.2, -0.15) is 0 Å². The van der Waals surface area contributed by atoms with Crippen LogP contribution in [0.25, 0.3) is 10.9 Å². The zero-order valence-electron chi connectivity index (χ0n) is 11.8. The van der Waals surface area contributed by atoms with Crippen LogP contribution >= 0.6 is 0 Å². The van der Waals surface area contributed by atoms with Crippen molar-refractivity contribution in [1.29, 1.82) is 0 Å². The molecule has 0 saturated heterocycles. The highest BCUT2D eigenvalue weighted by molar-refractivity contribution is 5.79. The van der Waals surface area contributed by atoms with E-state index in [-0.39, 0.29) is 5.56 Å². The van der Waals surface area contributed by atoms with Crippen LogP contribution in [0.5, 0.6) is 5.75 Å². The Hall–Kier alpha value is -2.62. The lowest BCUT2D eigenvalue weighted by atomic mass is 10.1. The number of fused-ring (bicyclic) bond motifs is 1. The Kier molecular flexibility index (Phi) is 3.69. The normalized spacial score (nSPS) is 10.7. The van der Waals surface area contributed by atoms with E-state index in [9.17, 15) is 4.79 Å². The van der Waals surface area contributed by atoms with Crippen molar-refractivity contribution in [3.05, 3.63) is 70.3 Å². The molecule has 0 spiro atoms. The molecule has 0 amide bonds. The summed E-state index contributed by atoms with van der Waals surface area (Å²) < 4.78 is 5.13. The van der Waals surface area contributed by atoms with Gasteiger partial charge in [0.2, 0.25) is 0 Å². The van der Waals surface area contributed by atoms with Crippen LogP contribution in [0.4, 0.5) is 0 Å². The van der Waals surface area contributed by atoms with Gasteiger partial charge in [-0.1, -0.05) is 30.3 Å². The van der Waals surface area contributed by atoms with Crippen LogP contribution in [0.1, 0.15) is 11.4 Å². The molecule has 0 aliphatic rings. The van der Waals surface area contributed by atoms with Crippen LogP contribution < -0.4 is 10.3 Å². The molecule has 0 unspecified atom stereocenters. The van der Waals surface area contributed by atoms with E-state index in [0.717, 1.165) is 6.42 Å². The van der Waals surface area contributed by atoms with E-state index in [4.69, 9.17) is 4.74 Å². The standard InChI is InChI=1S/C17H16N2O2/c1-21-13-8-9-15-14(11-13)17(20)19-16(18-15)10-7-12-5-3-2-4-6-12/h2-6,8-9,11H,7,10H2,1H3,(H,18,19,20). The molecule has 4 heteroatoms. The van der Waals surface area contributed by atoms with Crippen molar-refractivity contribution in [3.63, 3.8) is 0 Å². The molecular weight excluding hydrogens is 264 g/mol. The number of aromatic nitrogens is 2. The number of hydrogen-bond donors (Lipinski definition) is 1. The first kappa shape index (κ1) is 13.4. The molecule has 0 fully saturated rings. The Labute approximate surface area is 122 Å². The van der Waals surface area contributed by atoms with Crippen molar-refractivity contribution in [2.24, 2.45) is 0 Å². The van der Waals surface area contributed by atoms with Crippen molar-refractivity contribution in [2.75, 3.05) is 7.11 Å². The van der Waals surface area contributed by atoms with E-state index in [2.05, 4.69) is 22.1 Å². The zero-order valence-corrected chi connectivity index (χ0v) is 11.8. The topological polar surface area (TPSA) is 55.0 Å². The maximum atomic E-state index is 12.1. The van der Waals surface area contributed by atoms with Crippen LogP contribution in [0.2, 0.25) is 0 Å². The summed E-state index contributed by atoms with van der Waals surface area (Å²) in [7, 11) is 1.58. The maximum Gasteiger partial charge on any atom is 0.258 e. The van der Waals surface area contributed by atoms with Gasteiger partial charge >= 0.3 is 0 Å². The van der Waals surface area contributed by atoms with E-state index >= 15 is 0 Å². The second-order valence-electron chi connectivity index (χ2n) is 4.88. The van der Waals surface area contributed by atoms with Crippen molar-refractivity contribution in [3.8, 4) is 5.75 Å². The smallest absolute Gasteiger partial charge is 0.258 e. The van der Waals surface area contributed by atoms with Crippen LogP contribution in [0.3, 0.4) is 0 Å². The molecule has 0 atom stereocenters. The van der Waals surface area contributed by atoms with Crippen LogP contribution in [0.15, 0.2) is 53.3 Å². The van der Waals surface area contributed by atoms with E-state index in [1.54, 1.807) is 13.2 Å². The van der Waals surface area contributed by atoms with Crippen molar-refractivity contribution < 1.29 is 4.74 Å². The fourth-order valence-corrected chi connectivity index (χ4v) is 2.32. The quantitative estimate of drug-likeness (QED) is 0.799. The summed E-state index contributed by atoms with van der Waals surface area (Å²) in [6.45, 7) is 0. The van der Waals surface area contributed by atoms with Gasteiger partial charge in [0.15, 0.2) is 0 Å². The Morgan fingerprint density at radius 2 is 1.90 bits per heavy atom. The molecule has 3 aromatic rings. The SMILES string of the molecule is COc1ccc2nc(CCc3ccccc3)[nH]c(=O)c2c1. The Morgan fingerprint density at radius 3 is 2.67 bits per heavy atom. The van der Waals surface area contributed by atoms with Crippen LogP contribution in [-0.4, -0.2) is 17.1 Å². The summed E-state index contributed by atoms with van der Waals surface area (Å²) in [5.41, 5.74) is 1.81. The molecular formula is C17H16N2O2. The monoisotopic (exact) mass is 280 g/mol. The average molecular weight is 280 g/mol. The molecule has 0 radical (unpaired) electrons. The third-order valence-electron chi connectivity index (χ3n) is 3.45. The molecule has 0 aliphatic carbocycles. The number of ether oxygens (including phenoxy) is 1. The van der Waals surface area contributed by atoms with Gasteiger partial charge < -0.3 is 9.72 Å². The molecule has 1 heterocycles. The highest BCUT2D eigenvalue weighted by Gasteiger charge is 2.05. The second kappa shape index (κ2) is 5.79. The number of nitrogens with one attached hydrogen (secondary N) is 1. The van der Waals surface area contributed by atoms with Crippen LogP contribution in [0, 0.1) is 0 Å². The lowest BCUT2D eigenvalue weighted by molar-refractivity contribution is 0.415. The van der Waals surface area contributed by atoms with Gasteiger partial charge in [-0.15, -0.1) is 0 Å². The molecule has 2 aromatic carbocycles. The van der Waals surface area contributed by atoms with Gasteiger partial charge in [0.05, 0.1) is 18.0 Å². The van der Waals surface area contributed by atoms with E-state index in [1.165, 1.54) is 5.56 Å². The minimum atomic E-state index is -0.123. The van der Waals surface area contributed by atoms with Gasteiger partial charge in [-0.05, 0) is 30.2 Å². The number of nitrogens with zero attached hydrogens (tertiary/aromatic N) is 1. The molecule has 3 rings (SSSR count). The average Bonchev–Trinajstić information content (AvgIpc) is 2.54. The molecule has 0 bridgehead atoms. The number of aryl methyl sites for hydroxylation is 2. The highest BCUT2D eigenvalue weighted by Crippen LogP contribution is 2.16. The Morgan fingerprint density at radius 1 is 1.10 bits per heavy atom. The molecule has 0 saturated carbocycles. The van der Waals surface area contributed by atoms with Crippen LogP contribution in [-0.2, 0) is 12.8 Å². The second-order valence-corrected chi connectivity index (χ2v) is 4.88. The largest absolute Gasteiger partial charge is 0.497 e. The molecule has 106 valence electrons. The van der Waals surface area contributed by atoms with Crippen molar-refractivity contribution in [2.45, 2.75) is 12.8 Å². The highest BCUT2D eigenvalue weighted by atomic mass is 16.5. The fourth-order valence-electron chi connectivity index (χ4n) is 2.32. The summed E-state index contributed by atoms with van der Waals surface area (Å²) in [6.07, 6.45) is 1.56. The summed E-state index contributed by atoms with van der Waals surface area (Å²) in [5.74, 6) is 1.37. The molecule has 4 nitrogen and oxygen atoms in total. The molecule has 0 aliphatic heterocycles. The first-order chi connectivity index (χ1) is 10.3. The Balaban J connectivity index is 1.88. The van der Waals surface area contributed by atoms with Crippen molar-refractivity contribution >= 4 is 10.9 Å². The van der Waals surface area contributed by atoms with E-state index in [1.807, 2.05) is 30.3 Å². The minimum absolute atomic E-state index is 0.123. The number of H-pyrrole nitrogens is 1. The van der Waals surface area contributed by atoms with Gasteiger partial charge in [-0.3, -0.25) is 4.79 Å². The summed E-state index contributed by atoms with van der Waals surface area (Å²) in [5, 5.41) is 0.554. The maximum absolute atomic E-state index is 12.1. The molecule has 21 heavy (non-hydrogen) atoms. The third kappa shape index (κ3) is 2.94. The van der Waals surface area contributed by atoms with Gasteiger partial charge in [0, 0.05) is 6.42 Å². The number of benzene rings is 2. The number of aromatic amines is 1. The van der Waals surface area contributed by atoms with Gasteiger partial charge in [0.1, 0.15) is 11.6 Å². The summed E-state index contributed by atoms with van der Waals surface area (Å²) >= 11 is 0. The predicted molar refractivity (Wildman–Crippen MR) is 82.8 cm³/mol. The molecule has 1 N–H and O–H groups in total. The first-order valence-corrected chi connectivity index (χ1v) is 6.87. The van der Waals surface area contributed by atoms with Gasteiger partial charge in [0.25, 0.3) is 5.56 Å². The summed E-state index contributed by atoms with van der Waals surface area (Å²) in [6, 6.07) is 15.5. The zero-order chi connectivity index (χ0) is 14.7. The number of rotatable bonds is 4. The van der Waals surface area contributed by atoms with Crippen molar-refractivity contribution in [1.82, 2.24) is 9.97 Å². The minimum Gasteiger partial charge on any atom is -0.497 e. The van der Waals surface area contributed by atoms with Gasteiger partial charge in [-0.25, -0.2) is 4.98 Å². The summed E-state index contributed by atoms with van der Waals surface area (Å²) in [4.78, 5) is 19.5. The van der Waals surface area contributed by atoms with E-state index in [0.29, 0.717) is 28.9 Å². The number of hydrogen-bond acceptors (Lipinski definition) is 3. The third-order valence-corrected chi connectivity index (χ3v) is 3.45. The molecule has 1 aromatic heterocycles. The lowest BCUT2D eigenvalue weighted by Gasteiger charge is -2.05. The fraction of sp³-hybridized carbons (Fsp3) is 0.176. The predicted octanol–water partition coefficient (Wildman–Crippen LogP) is 2.72.